The Balaban J connectivity index is 2.25. The fourth-order valence-corrected chi connectivity index (χ4v) is 2.85. The summed E-state index contributed by atoms with van der Waals surface area (Å²) in [7, 11) is 2.11. The lowest BCUT2D eigenvalue weighted by Gasteiger charge is -2.40. The Bertz CT molecular complexity index is 401. The first kappa shape index (κ1) is 13.1. The van der Waals surface area contributed by atoms with E-state index in [0.29, 0.717) is 11.6 Å². The van der Waals surface area contributed by atoms with Crippen molar-refractivity contribution < 1.29 is 0 Å². The summed E-state index contributed by atoms with van der Waals surface area (Å²) in [5.41, 5.74) is 5.82. The molecule has 1 atom stereocenters. The maximum atomic E-state index is 6.23. The number of pyridine rings is 1. The van der Waals surface area contributed by atoms with Crippen LogP contribution < -0.4 is 10.6 Å². The van der Waals surface area contributed by atoms with Gasteiger partial charge >= 0.3 is 0 Å². The van der Waals surface area contributed by atoms with Crippen molar-refractivity contribution in [2.24, 2.45) is 5.73 Å². The number of likely N-dealkylation sites (N-methyl/N-ethyl adjacent to an activating group) is 1. The Morgan fingerprint density at radius 3 is 3.00 bits per heavy atom. The first-order valence-electron chi connectivity index (χ1n) is 5.58. The highest BCUT2D eigenvalue weighted by molar-refractivity contribution is 9.10. The topological polar surface area (TPSA) is 45.4 Å². The molecule has 0 radical (unpaired) electrons. The molecule has 6 heteroatoms. The molecule has 1 saturated heterocycles. The van der Waals surface area contributed by atoms with E-state index >= 15 is 0 Å². The van der Waals surface area contributed by atoms with Gasteiger partial charge in [-0.2, -0.15) is 0 Å². The summed E-state index contributed by atoms with van der Waals surface area (Å²) >= 11 is 9.60. The smallest absolute Gasteiger partial charge is 0.147 e. The average molecular weight is 320 g/mol. The van der Waals surface area contributed by atoms with Crippen molar-refractivity contribution in [2.45, 2.75) is 6.04 Å². The lowest BCUT2D eigenvalue weighted by Crippen LogP contribution is -2.55. The molecule has 2 rings (SSSR count). The second kappa shape index (κ2) is 5.52. The van der Waals surface area contributed by atoms with Gasteiger partial charge in [-0.1, -0.05) is 11.6 Å². The molecule has 2 N–H and O–H groups in total. The summed E-state index contributed by atoms with van der Waals surface area (Å²) in [6.45, 7) is 3.47. The third kappa shape index (κ3) is 2.91. The molecule has 4 nitrogen and oxygen atoms in total. The van der Waals surface area contributed by atoms with Crippen LogP contribution in [-0.2, 0) is 0 Å². The van der Waals surface area contributed by atoms with E-state index < -0.39 is 0 Å². The van der Waals surface area contributed by atoms with Gasteiger partial charge in [0, 0.05) is 36.8 Å². The Hall–Kier alpha value is -0.360. The normalized spacial score (nSPS) is 21.9. The molecule has 0 bridgehead atoms. The van der Waals surface area contributed by atoms with Crippen LogP contribution in [-0.4, -0.2) is 49.2 Å². The van der Waals surface area contributed by atoms with Gasteiger partial charge < -0.3 is 15.5 Å². The monoisotopic (exact) mass is 318 g/mol. The van der Waals surface area contributed by atoms with Crippen LogP contribution in [0.1, 0.15) is 0 Å². The lowest BCUT2D eigenvalue weighted by molar-refractivity contribution is 0.269. The van der Waals surface area contributed by atoms with Gasteiger partial charge in [0.2, 0.25) is 0 Å². The summed E-state index contributed by atoms with van der Waals surface area (Å²) in [4.78, 5) is 8.88. The van der Waals surface area contributed by atoms with Gasteiger partial charge in [0.15, 0.2) is 0 Å². The molecule has 1 aromatic heterocycles. The number of hydrogen-bond donors (Lipinski definition) is 1. The predicted octanol–water partition coefficient (Wildman–Crippen LogP) is 1.58. The molecule has 0 spiro atoms. The molecule has 2 heterocycles. The minimum atomic E-state index is 0.278. The number of rotatable bonds is 2. The van der Waals surface area contributed by atoms with Gasteiger partial charge in [-0.15, -0.1) is 0 Å². The Morgan fingerprint density at radius 1 is 1.59 bits per heavy atom. The highest BCUT2D eigenvalue weighted by atomic mass is 79.9. The van der Waals surface area contributed by atoms with Gasteiger partial charge in [-0.3, -0.25) is 0 Å². The van der Waals surface area contributed by atoms with Gasteiger partial charge in [0.05, 0.1) is 11.1 Å². The van der Waals surface area contributed by atoms with Crippen LogP contribution in [0.3, 0.4) is 0 Å². The summed E-state index contributed by atoms with van der Waals surface area (Å²) in [6.07, 6.45) is 1.77. The van der Waals surface area contributed by atoms with Crippen molar-refractivity contribution in [1.82, 2.24) is 9.88 Å². The standard InChI is InChI=1S/C11H16BrClN4/c1-16-2-3-17(9(5-14)7-16)11-10(13)4-8(12)6-15-11/h4,6,9H,2-3,5,7,14H2,1H3. The highest BCUT2D eigenvalue weighted by Gasteiger charge is 2.26. The van der Waals surface area contributed by atoms with Crippen molar-refractivity contribution in [3.8, 4) is 0 Å². The van der Waals surface area contributed by atoms with Crippen LogP contribution >= 0.6 is 27.5 Å². The Morgan fingerprint density at radius 2 is 2.35 bits per heavy atom. The number of piperazine rings is 1. The molecule has 17 heavy (non-hydrogen) atoms. The van der Waals surface area contributed by atoms with Gasteiger partial charge in [0.1, 0.15) is 5.82 Å². The number of anilines is 1. The fourth-order valence-electron chi connectivity index (χ4n) is 2.11. The molecule has 1 unspecified atom stereocenters. The second-order valence-electron chi connectivity index (χ2n) is 4.30. The van der Waals surface area contributed by atoms with Crippen LogP contribution in [0.15, 0.2) is 16.7 Å². The quantitative estimate of drug-likeness (QED) is 0.899. The van der Waals surface area contributed by atoms with Crippen LogP contribution in [0.25, 0.3) is 0 Å². The van der Waals surface area contributed by atoms with Crippen molar-refractivity contribution in [3.63, 3.8) is 0 Å². The van der Waals surface area contributed by atoms with Gasteiger partial charge in [0.25, 0.3) is 0 Å². The maximum Gasteiger partial charge on any atom is 0.147 e. The fraction of sp³-hybridized carbons (Fsp3) is 0.545. The van der Waals surface area contributed by atoms with Gasteiger partial charge in [-0.05, 0) is 29.0 Å². The summed E-state index contributed by atoms with van der Waals surface area (Å²) < 4.78 is 0.893. The molecule has 0 aliphatic carbocycles. The zero-order chi connectivity index (χ0) is 12.4. The molecule has 0 aromatic carbocycles. The van der Waals surface area contributed by atoms with E-state index in [-0.39, 0.29) is 6.04 Å². The molecular formula is C11H16BrClN4. The van der Waals surface area contributed by atoms with Crippen LogP contribution in [0, 0.1) is 0 Å². The Kier molecular flexibility index (Phi) is 4.25. The molecule has 0 amide bonds. The average Bonchev–Trinajstić information content (AvgIpc) is 2.30. The van der Waals surface area contributed by atoms with E-state index in [0.717, 1.165) is 29.9 Å². The van der Waals surface area contributed by atoms with Crippen molar-refractivity contribution in [1.29, 1.82) is 0 Å². The number of hydrogen-bond acceptors (Lipinski definition) is 4. The third-order valence-electron chi connectivity index (χ3n) is 3.02. The maximum absolute atomic E-state index is 6.23. The van der Waals surface area contributed by atoms with E-state index in [1.807, 2.05) is 6.07 Å². The number of nitrogens with zero attached hydrogens (tertiary/aromatic N) is 3. The SMILES string of the molecule is CN1CCN(c2ncc(Br)cc2Cl)C(CN)C1. The zero-order valence-corrected chi connectivity index (χ0v) is 12.1. The largest absolute Gasteiger partial charge is 0.349 e. The van der Waals surface area contributed by atoms with E-state index in [2.05, 4.69) is 37.8 Å². The van der Waals surface area contributed by atoms with Crippen molar-refractivity contribution in [2.75, 3.05) is 38.1 Å². The molecule has 1 aliphatic heterocycles. The first-order chi connectivity index (χ1) is 8.11. The van der Waals surface area contributed by atoms with E-state index in [1.54, 1.807) is 6.20 Å². The molecule has 1 aromatic rings. The summed E-state index contributed by atoms with van der Waals surface area (Å²) in [5.74, 6) is 0.832. The minimum Gasteiger partial charge on any atom is -0.349 e. The number of nitrogens with two attached hydrogens (primary N) is 1. The number of halogens is 2. The summed E-state index contributed by atoms with van der Waals surface area (Å²) in [6, 6.07) is 2.15. The molecule has 1 fully saturated rings. The molecular weight excluding hydrogens is 304 g/mol. The molecule has 94 valence electrons. The minimum absolute atomic E-state index is 0.278. The predicted molar refractivity (Wildman–Crippen MR) is 74.6 cm³/mol. The summed E-state index contributed by atoms with van der Waals surface area (Å²) in [5, 5.41) is 0.669. The van der Waals surface area contributed by atoms with Crippen LogP contribution in [0.4, 0.5) is 5.82 Å². The van der Waals surface area contributed by atoms with E-state index in [4.69, 9.17) is 17.3 Å². The molecule has 0 saturated carbocycles. The van der Waals surface area contributed by atoms with Gasteiger partial charge in [-0.25, -0.2) is 4.98 Å². The number of aromatic nitrogens is 1. The van der Waals surface area contributed by atoms with Crippen molar-refractivity contribution >= 4 is 33.3 Å². The van der Waals surface area contributed by atoms with Crippen molar-refractivity contribution in [3.05, 3.63) is 21.8 Å². The second-order valence-corrected chi connectivity index (χ2v) is 5.63. The van der Waals surface area contributed by atoms with Crippen LogP contribution in [0.5, 0.6) is 0 Å². The highest BCUT2D eigenvalue weighted by Crippen LogP contribution is 2.28. The third-order valence-corrected chi connectivity index (χ3v) is 3.73. The first-order valence-corrected chi connectivity index (χ1v) is 6.75. The lowest BCUT2D eigenvalue weighted by atomic mass is 10.1. The molecule has 1 aliphatic rings. The van der Waals surface area contributed by atoms with Crippen LogP contribution in [0.2, 0.25) is 5.02 Å². The zero-order valence-electron chi connectivity index (χ0n) is 9.74. The Labute approximate surface area is 115 Å². The van der Waals surface area contributed by atoms with E-state index in [9.17, 15) is 0 Å². The van der Waals surface area contributed by atoms with E-state index in [1.165, 1.54) is 0 Å².